The molecule has 0 aliphatic carbocycles. The van der Waals surface area contributed by atoms with Gasteiger partial charge in [0.2, 0.25) is 5.91 Å². The lowest BCUT2D eigenvalue weighted by molar-refractivity contribution is -0.147. The van der Waals surface area contributed by atoms with E-state index in [0.717, 1.165) is 0 Å². The summed E-state index contributed by atoms with van der Waals surface area (Å²) in [5.74, 6) is -1.50. The maximum Gasteiger partial charge on any atom is 0.308 e. The van der Waals surface area contributed by atoms with Crippen LogP contribution in [-0.4, -0.2) is 46.9 Å². The second kappa shape index (κ2) is 8.47. The molecule has 2 atom stereocenters. The summed E-state index contributed by atoms with van der Waals surface area (Å²) in [6.45, 7) is 2.66. The number of carboxylic acid groups (broad SMARTS) is 1. The van der Waals surface area contributed by atoms with Gasteiger partial charge in [0.1, 0.15) is 0 Å². The number of nitrogens with one attached hydrogen (secondary N) is 1. The Kier molecular flexibility index (Phi) is 6.35. The van der Waals surface area contributed by atoms with E-state index in [1.807, 2.05) is 13.0 Å². The van der Waals surface area contributed by atoms with Crippen LogP contribution in [0.3, 0.4) is 0 Å². The molecule has 1 heterocycles. The number of likely N-dealkylation sites (tertiary alicyclic amines) is 1. The van der Waals surface area contributed by atoms with Crippen LogP contribution in [0, 0.1) is 5.92 Å². The van der Waals surface area contributed by atoms with Gasteiger partial charge in [-0.3, -0.25) is 14.4 Å². The number of hydrogen-bond donors (Lipinski definition) is 2. The van der Waals surface area contributed by atoms with Crippen LogP contribution in [0.25, 0.3) is 0 Å². The van der Waals surface area contributed by atoms with Crippen molar-refractivity contribution in [2.24, 2.45) is 5.92 Å². The molecule has 1 aromatic rings. The molecule has 2 rings (SSSR count). The van der Waals surface area contributed by atoms with Gasteiger partial charge < -0.3 is 15.3 Å². The summed E-state index contributed by atoms with van der Waals surface area (Å²) >= 11 is 0. The third kappa shape index (κ3) is 4.81. The highest BCUT2D eigenvalue weighted by atomic mass is 16.4. The molecule has 1 aromatic carbocycles. The van der Waals surface area contributed by atoms with Crippen LogP contribution >= 0.6 is 0 Å². The number of aliphatic carboxylic acids is 1. The van der Waals surface area contributed by atoms with Crippen LogP contribution < -0.4 is 5.32 Å². The Morgan fingerprint density at radius 2 is 1.92 bits per heavy atom. The Morgan fingerprint density at radius 3 is 2.58 bits per heavy atom. The minimum Gasteiger partial charge on any atom is -0.481 e. The molecule has 1 aliphatic heterocycles. The van der Waals surface area contributed by atoms with Gasteiger partial charge in [-0.05, 0) is 38.3 Å². The summed E-state index contributed by atoms with van der Waals surface area (Å²) in [5.41, 5.74) is 0.595. The molecule has 1 saturated heterocycles. The van der Waals surface area contributed by atoms with Crippen LogP contribution in [-0.2, 0) is 9.59 Å². The molecule has 0 spiro atoms. The van der Waals surface area contributed by atoms with Crippen LogP contribution in [0.5, 0.6) is 0 Å². The van der Waals surface area contributed by atoms with E-state index in [0.29, 0.717) is 37.8 Å². The van der Waals surface area contributed by atoms with Crippen molar-refractivity contribution in [2.75, 3.05) is 13.1 Å². The van der Waals surface area contributed by atoms with Gasteiger partial charge >= 0.3 is 5.97 Å². The Labute approximate surface area is 141 Å². The van der Waals surface area contributed by atoms with Crippen LogP contribution in [0.15, 0.2) is 30.3 Å². The zero-order valence-corrected chi connectivity index (χ0v) is 13.9. The average molecular weight is 332 g/mol. The first-order chi connectivity index (χ1) is 11.5. The fraction of sp³-hybridized carbons (Fsp3) is 0.500. The molecule has 2 unspecified atom stereocenters. The molecular weight excluding hydrogens is 308 g/mol. The molecule has 130 valence electrons. The maximum atomic E-state index is 12.3. The Morgan fingerprint density at radius 1 is 1.21 bits per heavy atom. The highest BCUT2D eigenvalue weighted by molar-refractivity contribution is 5.94. The molecule has 6 heteroatoms. The number of benzene rings is 1. The van der Waals surface area contributed by atoms with Crippen molar-refractivity contribution in [1.29, 1.82) is 0 Å². The number of carboxylic acids is 1. The van der Waals surface area contributed by atoms with Crippen molar-refractivity contribution in [1.82, 2.24) is 10.2 Å². The van der Waals surface area contributed by atoms with E-state index in [1.165, 1.54) is 0 Å². The van der Waals surface area contributed by atoms with Gasteiger partial charge in [-0.1, -0.05) is 18.2 Å². The lowest BCUT2D eigenvalue weighted by atomic mass is 9.93. The Hall–Kier alpha value is -2.37. The molecule has 6 nitrogen and oxygen atoms in total. The third-order valence-corrected chi connectivity index (χ3v) is 4.44. The molecule has 2 N–H and O–H groups in total. The standard InChI is InChI=1S/C18H24N2O4/c1-13-9-10-15(18(23)24)12-20(13)16(21)8-5-11-19-17(22)14-6-3-2-4-7-14/h2-4,6-7,13,15H,5,8-12H2,1H3,(H,19,22)(H,23,24). The van der Waals surface area contributed by atoms with E-state index in [4.69, 9.17) is 5.11 Å². The van der Waals surface area contributed by atoms with Crippen LogP contribution in [0.2, 0.25) is 0 Å². The Balaban J connectivity index is 1.74. The van der Waals surface area contributed by atoms with E-state index in [2.05, 4.69) is 5.32 Å². The fourth-order valence-electron chi connectivity index (χ4n) is 2.93. The largest absolute Gasteiger partial charge is 0.481 e. The average Bonchev–Trinajstić information content (AvgIpc) is 2.59. The predicted octanol–water partition coefficient (Wildman–Crippen LogP) is 1.91. The first-order valence-corrected chi connectivity index (χ1v) is 8.34. The zero-order chi connectivity index (χ0) is 17.5. The normalized spacial score (nSPS) is 20.5. The van der Waals surface area contributed by atoms with E-state index in [9.17, 15) is 14.4 Å². The number of piperidine rings is 1. The topological polar surface area (TPSA) is 86.7 Å². The van der Waals surface area contributed by atoms with E-state index >= 15 is 0 Å². The van der Waals surface area contributed by atoms with Crippen LogP contribution in [0.1, 0.15) is 43.0 Å². The highest BCUT2D eigenvalue weighted by Gasteiger charge is 2.32. The summed E-state index contributed by atoms with van der Waals surface area (Å²) in [7, 11) is 0. The smallest absolute Gasteiger partial charge is 0.308 e. The van der Waals surface area contributed by atoms with Crippen molar-refractivity contribution in [2.45, 2.75) is 38.6 Å². The SMILES string of the molecule is CC1CCC(C(=O)O)CN1C(=O)CCCNC(=O)c1ccccc1. The summed E-state index contributed by atoms with van der Waals surface area (Å²) in [6, 6.07) is 9.00. The summed E-state index contributed by atoms with van der Waals surface area (Å²) in [6.07, 6.45) is 2.19. The van der Waals surface area contributed by atoms with E-state index in [-0.39, 0.29) is 24.4 Å². The molecular formula is C18H24N2O4. The number of hydrogen-bond acceptors (Lipinski definition) is 3. The molecule has 24 heavy (non-hydrogen) atoms. The summed E-state index contributed by atoms with van der Waals surface area (Å²) in [5, 5.41) is 11.9. The van der Waals surface area contributed by atoms with E-state index in [1.54, 1.807) is 29.2 Å². The van der Waals surface area contributed by atoms with Crippen molar-refractivity contribution in [3.05, 3.63) is 35.9 Å². The van der Waals surface area contributed by atoms with Crippen molar-refractivity contribution >= 4 is 17.8 Å². The second-order valence-corrected chi connectivity index (χ2v) is 6.23. The Bertz CT molecular complexity index is 588. The molecule has 2 amide bonds. The third-order valence-electron chi connectivity index (χ3n) is 4.44. The first-order valence-electron chi connectivity index (χ1n) is 8.34. The van der Waals surface area contributed by atoms with Gasteiger partial charge in [0.25, 0.3) is 5.91 Å². The molecule has 0 saturated carbocycles. The van der Waals surface area contributed by atoms with Crippen molar-refractivity contribution < 1.29 is 19.5 Å². The van der Waals surface area contributed by atoms with Gasteiger partial charge in [0.05, 0.1) is 5.92 Å². The zero-order valence-electron chi connectivity index (χ0n) is 13.9. The first kappa shape index (κ1) is 18.0. The minimum absolute atomic E-state index is 0.0394. The van der Waals surface area contributed by atoms with Gasteiger partial charge in [-0.2, -0.15) is 0 Å². The van der Waals surface area contributed by atoms with Crippen molar-refractivity contribution in [3.8, 4) is 0 Å². The number of carbonyl (C=O) groups excluding carboxylic acids is 2. The second-order valence-electron chi connectivity index (χ2n) is 6.23. The highest BCUT2D eigenvalue weighted by Crippen LogP contribution is 2.23. The molecule has 1 aliphatic rings. The van der Waals surface area contributed by atoms with Gasteiger partial charge in [-0.25, -0.2) is 0 Å². The molecule has 0 aromatic heterocycles. The number of rotatable bonds is 6. The number of carbonyl (C=O) groups is 3. The monoisotopic (exact) mass is 332 g/mol. The van der Waals surface area contributed by atoms with Gasteiger partial charge in [0.15, 0.2) is 0 Å². The summed E-state index contributed by atoms with van der Waals surface area (Å²) < 4.78 is 0. The van der Waals surface area contributed by atoms with Crippen molar-refractivity contribution in [3.63, 3.8) is 0 Å². The number of nitrogens with zero attached hydrogens (tertiary/aromatic N) is 1. The van der Waals surface area contributed by atoms with Crippen LogP contribution in [0.4, 0.5) is 0 Å². The lowest BCUT2D eigenvalue weighted by Crippen LogP contribution is -2.47. The number of amides is 2. The molecule has 0 bridgehead atoms. The van der Waals surface area contributed by atoms with Gasteiger partial charge in [0, 0.05) is 31.1 Å². The molecule has 1 fully saturated rings. The minimum atomic E-state index is -0.838. The van der Waals surface area contributed by atoms with Gasteiger partial charge in [-0.15, -0.1) is 0 Å². The maximum absolute atomic E-state index is 12.3. The quantitative estimate of drug-likeness (QED) is 0.779. The van der Waals surface area contributed by atoms with E-state index < -0.39 is 11.9 Å². The molecule has 0 radical (unpaired) electrons. The lowest BCUT2D eigenvalue weighted by Gasteiger charge is -2.36. The fourth-order valence-corrected chi connectivity index (χ4v) is 2.93. The predicted molar refractivity (Wildman–Crippen MR) is 89.5 cm³/mol. The summed E-state index contributed by atoms with van der Waals surface area (Å²) in [4.78, 5) is 37.0.